The van der Waals surface area contributed by atoms with Gasteiger partial charge in [0.1, 0.15) is 0 Å². The summed E-state index contributed by atoms with van der Waals surface area (Å²) < 4.78 is 0. The highest BCUT2D eigenvalue weighted by Crippen LogP contribution is 2.35. The van der Waals surface area contributed by atoms with Crippen LogP contribution in [0.15, 0.2) is 18.2 Å². The summed E-state index contributed by atoms with van der Waals surface area (Å²) in [5, 5.41) is 4.93. The quantitative estimate of drug-likeness (QED) is 0.819. The van der Waals surface area contributed by atoms with Crippen LogP contribution in [0.3, 0.4) is 0 Å². The van der Waals surface area contributed by atoms with E-state index < -0.39 is 0 Å². The molecule has 1 fully saturated rings. The topological polar surface area (TPSA) is 12.0 Å². The van der Waals surface area contributed by atoms with E-state index in [0.29, 0.717) is 21.5 Å². The molecule has 2 rings (SSSR count). The van der Waals surface area contributed by atoms with Crippen molar-refractivity contribution in [3.8, 4) is 0 Å². The summed E-state index contributed by atoms with van der Waals surface area (Å²) in [6, 6.07) is 6.46. The summed E-state index contributed by atoms with van der Waals surface area (Å²) in [6.45, 7) is 5.59. The minimum Gasteiger partial charge on any atom is -0.309 e. The van der Waals surface area contributed by atoms with Gasteiger partial charge in [0, 0.05) is 12.6 Å². The summed E-state index contributed by atoms with van der Waals surface area (Å²) in [6.07, 6.45) is 5.28. The monoisotopic (exact) mass is 285 g/mol. The van der Waals surface area contributed by atoms with E-state index in [4.69, 9.17) is 23.2 Å². The highest BCUT2D eigenvalue weighted by atomic mass is 35.5. The maximum Gasteiger partial charge on any atom is 0.0595 e. The summed E-state index contributed by atoms with van der Waals surface area (Å²) in [7, 11) is 0. The van der Waals surface area contributed by atoms with E-state index in [1.54, 1.807) is 0 Å². The third kappa shape index (κ3) is 3.40. The van der Waals surface area contributed by atoms with Gasteiger partial charge in [-0.3, -0.25) is 0 Å². The highest BCUT2D eigenvalue weighted by Gasteiger charge is 2.31. The summed E-state index contributed by atoms with van der Waals surface area (Å²) in [5.74, 6) is 0. The van der Waals surface area contributed by atoms with Gasteiger partial charge in [-0.15, -0.1) is 0 Å². The van der Waals surface area contributed by atoms with Crippen LogP contribution in [0.4, 0.5) is 0 Å². The Kier molecular flexibility index (Phi) is 4.58. The van der Waals surface area contributed by atoms with Crippen molar-refractivity contribution in [2.24, 2.45) is 5.41 Å². The van der Waals surface area contributed by atoms with Crippen molar-refractivity contribution in [2.45, 2.75) is 52.1 Å². The van der Waals surface area contributed by atoms with Crippen LogP contribution in [-0.2, 0) is 6.54 Å². The van der Waals surface area contributed by atoms with E-state index in [9.17, 15) is 0 Å². The van der Waals surface area contributed by atoms with Crippen molar-refractivity contribution < 1.29 is 0 Å². The lowest BCUT2D eigenvalue weighted by Gasteiger charge is -2.39. The fourth-order valence-corrected chi connectivity index (χ4v) is 3.08. The van der Waals surface area contributed by atoms with Crippen molar-refractivity contribution in [1.29, 1.82) is 0 Å². The van der Waals surface area contributed by atoms with E-state index >= 15 is 0 Å². The molecule has 1 aromatic rings. The maximum absolute atomic E-state index is 6.03. The number of benzene rings is 1. The second-order valence-corrected chi connectivity index (χ2v) is 6.73. The first-order valence-corrected chi connectivity index (χ1v) is 7.42. The lowest BCUT2D eigenvalue weighted by molar-refractivity contribution is 0.167. The van der Waals surface area contributed by atoms with E-state index in [2.05, 4.69) is 19.2 Å². The third-order valence-corrected chi connectivity index (χ3v) is 4.78. The fourth-order valence-electron chi connectivity index (χ4n) is 2.76. The van der Waals surface area contributed by atoms with Gasteiger partial charge in [0.05, 0.1) is 10.0 Å². The number of hydrogen-bond donors (Lipinski definition) is 1. The molecular formula is C15H21Cl2N. The minimum atomic E-state index is 0.397. The van der Waals surface area contributed by atoms with Crippen LogP contribution in [0.2, 0.25) is 10.0 Å². The van der Waals surface area contributed by atoms with E-state index in [-0.39, 0.29) is 0 Å². The largest absolute Gasteiger partial charge is 0.309 e. The van der Waals surface area contributed by atoms with Gasteiger partial charge in [0.15, 0.2) is 0 Å². The predicted octanol–water partition coefficient (Wildman–Crippen LogP) is 5.05. The molecule has 0 bridgehead atoms. The molecular weight excluding hydrogens is 265 g/mol. The number of nitrogens with one attached hydrogen (secondary N) is 1. The first-order chi connectivity index (χ1) is 8.49. The predicted molar refractivity (Wildman–Crippen MR) is 79.3 cm³/mol. The summed E-state index contributed by atoms with van der Waals surface area (Å²) in [4.78, 5) is 0. The van der Waals surface area contributed by atoms with E-state index in [0.717, 1.165) is 6.54 Å². The van der Waals surface area contributed by atoms with Crippen molar-refractivity contribution >= 4 is 23.2 Å². The molecule has 0 aromatic heterocycles. The Bertz CT molecular complexity index is 415. The Labute approximate surface area is 120 Å². The Morgan fingerprint density at radius 3 is 2.67 bits per heavy atom. The van der Waals surface area contributed by atoms with Gasteiger partial charge in [0.25, 0.3) is 0 Å². The zero-order valence-electron chi connectivity index (χ0n) is 11.1. The molecule has 0 heterocycles. The van der Waals surface area contributed by atoms with Crippen molar-refractivity contribution in [3.63, 3.8) is 0 Å². The minimum absolute atomic E-state index is 0.397. The first kappa shape index (κ1) is 14.2. The molecule has 1 aromatic carbocycles. The van der Waals surface area contributed by atoms with Gasteiger partial charge in [-0.05, 0) is 36.0 Å². The second kappa shape index (κ2) is 5.81. The third-order valence-electron chi connectivity index (χ3n) is 4.04. The van der Waals surface area contributed by atoms with Gasteiger partial charge in [-0.2, -0.15) is 0 Å². The van der Waals surface area contributed by atoms with Crippen LogP contribution in [0.5, 0.6) is 0 Å². The number of hydrogen-bond acceptors (Lipinski definition) is 1. The molecule has 3 heteroatoms. The molecule has 1 saturated carbocycles. The molecule has 1 N–H and O–H groups in total. The number of halogens is 2. The van der Waals surface area contributed by atoms with Gasteiger partial charge >= 0.3 is 0 Å². The van der Waals surface area contributed by atoms with Crippen molar-refractivity contribution in [2.75, 3.05) is 0 Å². The SMILES string of the molecule is CC1(C)CCCCC1NCc1ccc(Cl)c(Cl)c1. The summed E-state index contributed by atoms with van der Waals surface area (Å²) in [5.41, 5.74) is 1.60. The zero-order chi connectivity index (χ0) is 13.2. The van der Waals surface area contributed by atoms with Crippen molar-refractivity contribution in [3.05, 3.63) is 33.8 Å². The van der Waals surface area contributed by atoms with Crippen LogP contribution in [0, 0.1) is 5.41 Å². The molecule has 0 spiro atoms. The Hall–Kier alpha value is -0.240. The smallest absolute Gasteiger partial charge is 0.0595 e. The Morgan fingerprint density at radius 1 is 1.22 bits per heavy atom. The molecule has 1 aliphatic rings. The molecule has 18 heavy (non-hydrogen) atoms. The molecule has 0 saturated heterocycles. The first-order valence-electron chi connectivity index (χ1n) is 6.66. The van der Waals surface area contributed by atoms with Gasteiger partial charge < -0.3 is 5.32 Å². The van der Waals surface area contributed by atoms with Gasteiger partial charge in [0.2, 0.25) is 0 Å². The molecule has 0 radical (unpaired) electrons. The van der Waals surface area contributed by atoms with Crippen LogP contribution < -0.4 is 5.32 Å². The van der Waals surface area contributed by atoms with Crippen LogP contribution >= 0.6 is 23.2 Å². The lowest BCUT2D eigenvalue weighted by atomic mass is 9.73. The molecule has 1 unspecified atom stereocenters. The fraction of sp³-hybridized carbons (Fsp3) is 0.600. The van der Waals surface area contributed by atoms with Crippen LogP contribution in [0.25, 0.3) is 0 Å². The van der Waals surface area contributed by atoms with E-state index in [1.807, 2.05) is 18.2 Å². The van der Waals surface area contributed by atoms with Crippen LogP contribution in [-0.4, -0.2) is 6.04 Å². The average Bonchev–Trinajstić information content (AvgIpc) is 2.31. The Balaban J connectivity index is 1.96. The van der Waals surface area contributed by atoms with Crippen LogP contribution in [0.1, 0.15) is 45.1 Å². The molecule has 1 atom stereocenters. The molecule has 0 amide bonds. The maximum atomic E-state index is 6.03. The van der Waals surface area contributed by atoms with E-state index in [1.165, 1.54) is 31.2 Å². The number of rotatable bonds is 3. The second-order valence-electron chi connectivity index (χ2n) is 5.92. The normalized spacial score (nSPS) is 23.0. The Morgan fingerprint density at radius 2 is 2.00 bits per heavy atom. The van der Waals surface area contributed by atoms with Gasteiger partial charge in [-0.25, -0.2) is 0 Å². The summed E-state index contributed by atoms with van der Waals surface area (Å²) >= 11 is 12.0. The average molecular weight is 286 g/mol. The standard InChI is InChI=1S/C15H21Cl2N/c1-15(2)8-4-3-5-14(15)18-10-11-6-7-12(16)13(17)9-11/h6-7,9,14,18H,3-5,8,10H2,1-2H3. The molecule has 1 aliphatic carbocycles. The lowest BCUT2D eigenvalue weighted by Crippen LogP contribution is -2.43. The molecule has 0 aliphatic heterocycles. The highest BCUT2D eigenvalue weighted by molar-refractivity contribution is 6.42. The van der Waals surface area contributed by atoms with Gasteiger partial charge in [-0.1, -0.05) is 56.0 Å². The molecule has 1 nitrogen and oxygen atoms in total. The zero-order valence-corrected chi connectivity index (χ0v) is 12.6. The molecule has 100 valence electrons. The van der Waals surface area contributed by atoms with Crippen molar-refractivity contribution in [1.82, 2.24) is 5.32 Å².